The van der Waals surface area contributed by atoms with E-state index in [1.54, 1.807) is 43.3 Å². The molecule has 4 rings (SSSR count). The van der Waals surface area contributed by atoms with Crippen molar-refractivity contribution in [2.45, 2.75) is 32.9 Å². The van der Waals surface area contributed by atoms with Crippen LogP contribution < -0.4 is 10.1 Å². The Kier molecular flexibility index (Phi) is 8.15. The molecule has 3 aromatic carbocycles. The van der Waals surface area contributed by atoms with Crippen LogP contribution in [0.5, 0.6) is 5.75 Å². The molecule has 0 saturated carbocycles. The summed E-state index contributed by atoms with van der Waals surface area (Å²) in [6, 6.07) is 24.9. The maximum absolute atomic E-state index is 12.4. The first-order valence-corrected chi connectivity index (χ1v) is 11.9. The number of carboxylic acids is 1. The van der Waals surface area contributed by atoms with Crippen molar-refractivity contribution in [3.8, 4) is 17.2 Å². The lowest BCUT2D eigenvalue weighted by molar-refractivity contribution is -0.139. The molecule has 0 aliphatic heterocycles. The number of carboxylic acid groups (broad SMARTS) is 1. The number of ether oxygens (including phenoxy) is 1. The number of carbonyl (C=O) groups is 2. The van der Waals surface area contributed by atoms with Gasteiger partial charge in [0.05, 0.1) is 0 Å². The van der Waals surface area contributed by atoms with Gasteiger partial charge in [-0.15, -0.1) is 0 Å². The van der Waals surface area contributed by atoms with E-state index in [1.807, 2.05) is 55.5 Å². The summed E-state index contributed by atoms with van der Waals surface area (Å²) in [7, 11) is 0. The van der Waals surface area contributed by atoms with Gasteiger partial charge in [0.2, 0.25) is 5.89 Å². The zero-order valence-electron chi connectivity index (χ0n) is 20.7. The molecular weight excluding hydrogens is 468 g/mol. The van der Waals surface area contributed by atoms with Gasteiger partial charge in [0, 0.05) is 29.3 Å². The molecule has 4 aromatic rings. The molecular formula is C30H28N2O5. The summed E-state index contributed by atoms with van der Waals surface area (Å²) < 4.78 is 11.7. The minimum Gasteiger partial charge on any atom is -0.487 e. The van der Waals surface area contributed by atoms with Crippen molar-refractivity contribution in [3.05, 3.63) is 119 Å². The van der Waals surface area contributed by atoms with Crippen molar-refractivity contribution in [1.29, 1.82) is 0 Å². The minimum atomic E-state index is -1.00. The average molecular weight is 497 g/mol. The van der Waals surface area contributed by atoms with E-state index in [0.29, 0.717) is 34.4 Å². The Balaban J connectivity index is 1.35. The van der Waals surface area contributed by atoms with Gasteiger partial charge in [-0.25, -0.2) is 9.78 Å². The van der Waals surface area contributed by atoms with Crippen LogP contribution >= 0.6 is 0 Å². The SMILES string of the molecule is C/C(=C/C(=O)c1ccccc1)NC(Cc1ccc(OCc2nc(-c3ccccc3)oc2C)cc1)C(=O)O. The topological polar surface area (TPSA) is 102 Å². The normalized spacial score (nSPS) is 12.1. The Bertz CT molecular complexity index is 1380. The van der Waals surface area contributed by atoms with E-state index in [2.05, 4.69) is 10.3 Å². The van der Waals surface area contributed by atoms with Crippen LogP contribution in [0.4, 0.5) is 0 Å². The number of benzene rings is 3. The molecule has 2 N–H and O–H groups in total. The number of rotatable bonds is 11. The van der Waals surface area contributed by atoms with Gasteiger partial charge in [-0.05, 0) is 43.7 Å². The second-order valence-corrected chi connectivity index (χ2v) is 8.62. The molecule has 7 nitrogen and oxygen atoms in total. The molecule has 1 aromatic heterocycles. The molecule has 188 valence electrons. The van der Waals surface area contributed by atoms with E-state index >= 15 is 0 Å². The summed E-state index contributed by atoms with van der Waals surface area (Å²) in [6.45, 7) is 3.78. The number of hydrogen-bond donors (Lipinski definition) is 2. The molecule has 7 heteroatoms. The lowest BCUT2D eigenvalue weighted by Crippen LogP contribution is -2.37. The maximum Gasteiger partial charge on any atom is 0.326 e. The third kappa shape index (κ3) is 6.95. The summed E-state index contributed by atoms with van der Waals surface area (Å²) in [5.41, 5.74) is 3.46. The Morgan fingerprint density at radius 2 is 1.65 bits per heavy atom. The molecule has 0 spiro atoms. The Morgan fingerprint density at radius 3 is 2.30 bits per heavy atom. The third-order valence-electron chi connectivity index (χ3n) is 5.76. The van der Waals surface area contributed by atoms with Crippen LogP contribution in [0.2, 0.25) is 0 Å². The van der Waals surface area contributed by atoms with Crippen molar-refractivity contribution in [3.63, 3.8) is 0 Å². The number of aliphatic carboxylic acids is 1. The Hall–Kier alpha value is -4.65. The molecule has 0 bridgehead atoms. The molecule has 1 atom stereocenters. The van der Waals surface area contributed by atoms with Crippen LogP contribution in [-0.2, 0) is 17.8 Å². The highest BCUT2D eigenvalue weighted by Gasteiger charge is 2.18. The third-order valence-corrected chi connectivity index (χ3v) is 5.76. The van der Waals surface area contributed by atoms with Gasteiger partial charge in [-0.3, -0.25) is 4.79 Å². The fraction of sp³-hybridized carbons (Fsp3) is 0.167. The molecule has 0 saturated heterocycles. The molecule has 1 heterocycles. The molecule has 0 aliphatic carbocycles. The number of aromatic nitrogens is 1. The van der Waals surface area contributed by atoms with Gasteiger partial charge in [0.15, 0.2) is 5.78 Å². The summed E-state index contributed by atoms with van der Waals surface area (Å²) in [4.78, 5) is 28.8. The lowest BCUT2D eigenvalue weighted by Gasteiger charge is -2.16. The van der Waals surface area contributed by atoms with Gasteiger partial charge in [0.25, 0.3) is 0 Å². The second-order valence-electron chi connectivity index (χ2n) is 8.62. The quantitative estimate of drug-likeness (QED) is 0.206. The fourth-order valence-corrected chi connectivity index (χ4v) is 3.77. The first-order chi connectivity index (χ1) is 17.9. The maximum atomic E-state index is 12.4. The number of oxazole rings is 1. The smallest absolute Gasteiger partial charge is 0.326 e. The van der Waals surface area contributed by atoms with E-state index in [-0.39, 0.29) is 18.8 Å². The van der Waals surface area contributed by atoms with Crippen LogP contribution in [0.3, 0.4) is 0 Å². The zero-order valence-corrected chi connectivity index (χ0v) is 20.7. The molecule has 0 aliphatic rings. The van der Waals surface area contributed by atoms with Crippen molar-refractivity contribution >= 4 is 11.8 Å². The van der Waals surface area contributed by atoms with E-state index < -0.39 is 12.0 Å². The summed E-state index contributed by atoms with van der Waals surface area (Å²) >= 11 is 0. The van der Waals surface area contributed by atoms with Crippen molar-refractivity contribution < 1.29 is 23.8 Å². The van der Waals surface area contributed by atoms with Gasteiger partial charge in [-0.1, -0.05) is 60.7 Å². The number of carbonyl (C=O) groups excluding carboxylic acids is 1. The minimum absolute atomic E-state index is 0.186. The van der Waals surface area contributed by atoms with Crippen LogP contribution in [-0.4, -0.2) is 27.9 Å². The number of nitrogens with one attached hydrogen (secondary N) is 1. The summed E-state index contributed by atoms with van der Waals surface area (Å²) in [5.74, 6) is 0.691. The summed E-state index contributed by atoms with van der Waals surface area (Å²) in [6.07, 6.45) is 1.65. The first-order valence-electron chi connectivity index (χ1n) is 11.9. The van der Waals surface area contributed by atoms with Crippen LogP contribution in [0.1, 0.15) is 34.3 Å². The Morgan fingerprint density at radius 1 is 1.00 bits per heavy atom. The monoisotopic (exact) mass is 496 g/mol. The Labute approximate surface area is 215 Å². The number of ketones is 1. The highest BCUT2D eigenvalue weighted by molar-refractivity contribution is 6.04. The standard InChI is InChI=1S/C30H28N2O5/c1-20(17-28(33)23-9-5-3-6-10-23)31-26(30(34)35)18-22-13-15-25(16-14-22)36-19-27-21(2)37-29(32-27)24-11-7-4-8-12-24/h3-17,26,31H,18-19H2,1-2H3,(H,34,35)/b20-17-. The van der Waals surface area contributed by atoms with E-state index in [9.17, 15) is 14.7 Å². The van der Waals surface area contributed by atoms with Crippen LogP contribution in [0, 0.1) is 6.92 Å². The van der Waals surface area contributed by atoms with Gasteiger partial charge < -0.3 is 19.6 Å². The molecule has 0 fully saturated rings. The van der Waals surface area contributed by atoms with Crippen LogP contribution in [0.15, 0.2) is 101 Å². The number of aryl methyl sites for hydroxylation is 1. The average Bonchev–Trinajstić information content (AvgIpc) is 3.29. The van der Waals surface area contributed by atoms with Gasteiger partial charge in [0.1, 0.15) is 29.9 Å². The number of hydrogen-bond acceptors (Lipinski definition) is 6. The van der Waals surface area contributed by atoms with E-state index in [4.69, 9.17) is 9.15 Å². The van der Waals surface area contributed by atoms with Crippen LogP contribution in [0.25, 0.3) is 11.5 Å². The van der Waals surface area contributed by atoms with Crippen molar-refractivity contribution in [2.24, 2.45) is 0 Å². The lowest BCUT2D eigenvalue weighted by atomic mass is 10.1. The van der Waals surface area contributed by atoms with Gasteiger partial charge in [-0.2, -0.15) is 0 Å². The molecule has 0 radical (unpaired) electrons. The zero-order chi connectivity index (χ0) is 26.2. The number of nitrogens with zero attached hydrogens (tertiary/aromatic N) is 1. The second kappa shape index (κ2) is 11.9. The van der Waals surface area contributed by atoms with E-state index in [0.717, 1.165) is 11.1 Å². The highest BCUT2D eigenvalue weighted by atomic mass is 16.5. The number of allylic oxidation sites excluding steroid dienone is 2. The summed E-state index contributed by atoms with van der Waals surface area (Å²) in [5, 5.41) is 12.6. The van der Waals surface area contributed by atoms with E-state index in [1.165, 1.54) is 6.08 Å². The van der Waals surface area contributed by atoms with Gasteiger partial charge >= 0.3 is 5.97 Å². The van der Waals surface area contributed by atoms with Crippen molar-refractivity contribution in [2.75, 3.05) is 0 Å². The molecule has 0 amide bonds. The highest BCUT2D eigenvalue weighted by Crippen LogP contribution is 2.23. The molecule has 37 heavy (non-hydrogen) atoms. The predicted molar refractivity (Wildman–Crippen MR) is 140 cm³/mol. The fourth-order valence-electron chi connectivity index (χ4n) is 3.77. The van der Waals surface area contributed by atoms with Crippen molar-refractivity contribution in [1.82, 2.24) is 10.3 Å². The largest absolute Gasteiger partial charge is 0.487 e. The predicted octanol–water partition coefficient (Wildman–Crippen LogP) is 5.60. The molecule has 1 unspecified atom stereocenters. The first kappa shape index (κ1) is 25.4.